The summed E-state index contributed by atoms with van der Waals surface area (Å²) in [6.07, 6.45) is 0.401. The number of hydrogen-bond acceptors (Lipinski definition) is 6. The largest absolute Gasteiger partial charge is 0.490 e. The van der Waals surface area contributed by atoms with E-state index in [0.29, 0.717) is 23.8 Å². The zero-order chi connectivity index (χ0) is 28.7. The van der Waals surface area contributed by atoms with Crippen LogP contribution in [-0.4, -0.2) is 71.2 Å². The van der Waals surface area contributed by atoms with Crippen LogP contribution in [0.1, 0.15) is 51.8 Å². The van der Waals surface area contributed by atoms with Crippen LogP contribution < -0.4 is 10.1 Å². The van der Waals surface area contributed by atoms with Gasteiger partial charge in [-0.05, 0) is 55.7 Å². The molecule has 1 amide bonds. The van der Waals surface area contributed by atoms with Crippen LogP contribution in [0, 0.1) is 5.41 Å². The molecule has 7 nitrogen and oxygen atoms in total. The molecule has 0 saturated carbocycles. The quantitative estimate of drug-likeness (QED) is 0.355. The standard InChI is InChI=1S/C33H44N4O3/c1-24(2)40-30-22-26(14-15-27(30)28-12-9-13-31(34-28)35-32(39)33(3,4)5)29(38)23-37-20-18-36(19-21-37)17-16-25-10-7-6-8-11-25/h6-15,22,24,29,38H,16-21,23H2,1-5H3,(H,34,35,39). The third-order valence-electron chi connectivity index (χ3n) is 7.16. The Bertz CT molecular complexity index is 1250. The Kier molecular flexibility index (Phi) is 9.95. The second-order valence-electron chi connectivity index (χ2n) is 11.9. The number of ether oxygens (including phenoxy) is 1. The number of rotatable bonds is 10. The molecule has 2 aromatic carbocycles. The molecule has 0 spiro atoms. The fourth-order valence-electron chi connectivity index (χ4n) is 4.74. The number of benzene rings is 2. The number of hydrogen-bond donors (Lipinski definition) is 2. The van der Waals surface area contributed by atoms with Gasteiger partial charge in [0.1, 0.15) is 11.6 Å². The highest BCUT2D eigenvalue weighted by atomic mass is 16.5. The number of aliphatic hydroxyl groups is 1. The van der Waals surface area contributed by atoms with Crippen molar-refractivity contribution in [3.63, 3.8) is 0 Å². The molecular weight excluding hydrogens is 500 g/mol. The number of β-amino-alcohol motifs (C(OH)–C–C–N with tert-alkyl or cyclic N) is 1. The van der Waals surface area contributed by atoms with Gasteiger partial charge in [-0.2, -0.15) is 0 Å². The lowest BCUT2D eigenvalue weighted by Gasteiger charge is -2.35. The van der Waals surface area contributed by atoms with Gasteiger partial charge in [0.25, 0.3) is 0 Å². The molecule has 1 aliphatic rings. The first kappa shape index (κ1) is 29.7. The first-order chi connectivity index (χ1) is 19.1. The number of aromatic nitrogens is 1. The Hall–Kier alpha value is -3.26. The zero-order valence-electron chi connectivity index (χ0n) is 24.6. The van der Waals surface area contributed by atoms with Crippen molar-refractivity contribution in [2.75, 3.05) is 44.6 Å². The summed E-state index contributed by atoms with van der Waals surface area (Å²) < 4.78 is 6.17. The van der Waals surface area contributed by atoms with Gasteiger partial charge in [-0.1, -0.05) is 63.2 Å². The summed E-state index contributed by atoms with van der Waals surface area (Å²) in [5, 5.41) is 14.1. The van der Waals surface area contributed by atoms with Crippen molar-refractivity contribution < 1.29 is 14.6 Å². The van der Waals surface area contributed by atoms with Crippen LogP contribution in [0.3, 0.4) is 0 Å². The number of piperazine rings is 1. The van der Waals surface area contributed by atoms with E-state index in [1.165, 1.54) is 5.56 Å². The van der Waals surface area contributed by atoms with Crippen molar-refractivity contribution >= 4 is 11.7 Å². The van der Waals surface area contributed by atoms with Gasteiger partial charge in [0.15, 0.2) is 0 Å². The van der Waals surface area contributed by atoms with Crippen LogP contribution in [0.4, 0.5) is 5.82 Å². The van der Waals surface area contributed by atoms with E-state index in [9.17, 15) is 9.90 Å². The average Bonchev–Trinajstić information content (AvgIpc) is 2.92. The molecule has 2 N–H and O–H groups in total. The van der Waals surface area contributed by atoms with Gasteiger partial charge in [0.2, 0.25) is 5.91 Å². The summed E-state index contributed by atoms with van der Waals surface area (Å²) in [6.45, 7) is 15.1. The number of aliphatic hydroxyl groups excluding tert-OH is 1. The predicted octanol–water partition coefficient (Wildman–Crippen LogP) is 5.41. The highest BCUT2D eigenvalue weighted by Gasteiger charge is 2.23. The summed E-state index contributed by atoms with van der Waals surface area (Å²) in [5.74, 6) is 1.08. The smallest absolute Gasteiger partial charge is 0.230 e. The van der Waals surface area contributed by atoms with Crippen LogP contribution in [-0.2, 0) is 11.2 Å². The second-order valence-corrected chi connectivity index (χ2v) is 11.9. The minimum Gasteiger partial charge on any atom is -0.490 e. The van der Waals surface area contributed by atoms with Crippen LogP contribution in [0.2, 0.25) is 0 Å². The number of anilines is 1. The first-order valence-corrected chi connectivity index (χ1v) is 14.3. The summed E-state index contributed by atoms with van der Waals surface area (Å²) in [7, 11) is 0. The molecule has 214 valence electrons. The van der Waals surface area contributed by atoms with E-state index in [-0.39, 0.29) is 12.0 Å². The van der Waals surface area contributed by atoms with Gasteiger partial charge in [-0.15, -0.1) is 0 Å². The SMILES string of the molecule is CC(C)Oc1cc(C(O)CN2CCN(CCc3ccccc3)CC2)ccc1-c1cccc(NC(=O)C(C)(C)C)n1. The number of carbonyl (C=O) groups is 1. The van der Waals surface area contributed by atoms with Gasteiger partial charge >= 0.3 is 0 Å². The lowest BCUT2D eigenvalue weighted by atomic mass is 9.96. The lowest BCUT2D eigenvalue weighted by molar-refractivity contribution is -0.123. The summed E-state index contributed by atoms with van der Waals surface area (Å²) in [6, 6.07) is 22.0. The van der Waals surface area contributed by atoms with Gasteiger partial charge in [0, 0.05) is 50.2 Å². The zero-order valence-corrected chi connectivity index (χ0v) is 24.6. The molecule has 1 atom stereocenters. The maximum atomic E-state index is 12.5. The van der Waals surface area contributed by atoms with Crippen molar-refractivity contribution in [1.82, 2.24) is 14.8 Å². The van der Waals surface area contributed by atoms with E-state index >= 15 is 0 Å². The van der Waals surface area contributed by atoms with Gasteiger partial charge in [-0.25, -0.2) is 4.98 Å². The molecular formula is C33H44N4O3. The second kappa shape index (κ2) is 13.4. The molecule has 0 aliphatic carbocycles. The molecule has 0 bridgehead atoms. The van der Waals surface area contributed by atoms with Crippen LogP contribution in [0.25, 0.3) is 11.3 Å². The monoisotopic (exact) mass is 544 g/mol. The maximum Gasteiger partial charge on any atom is 0.230 e. The minimum absolute atomic E-state index is 0.0427. The maximum absolute atomic E-state index is 12.5. The Morgan fingerprint density at radius 2 is 1.68 bits per heavy atom. The van der Waals surface area contributed by atoms with Crippen LogP contribution in [0.5, 0.6) is 5.75 Å². The Morgan fingerprint density at radius 3 is 2.35 bits per heavy atom. The van der Waals surface area contributed by atoms with Gasteiger partial charge in [-0.3, -0.25) is 9.69 Å². The van der Waals surface area contributed by atoms with E-state index in [1.54, 1.807) is 6.07 Å². The van der Waals surface area contributed by atoms with Crippen molar-refractivity contribution in [1.29, 1.82) is 0 Å². The highest BCUT2D eigenvalue weighted by Crippen LogP contribution is 2.33. The minimum atomic E-state index is -0.621. The fourth-order valence-corrected chi connectivity index (χ4v) is 4.74. The summed E-state index contributed by atoms with van der Waals surface area (Å²) >= 11 is 0. The van der Waals surface area contributed by atoms with E-state index in [1.807, 2.05) is 65.0 Å². The Balaban J connectivity index is 1.40. The average molecular weight is 545 g/mol. The first-order valence-electron chi connectivity index (χ1n) is 14.3. The molecule has 1 saturated heterocycles. The highest BCUT2D eigenvalue weighted by molar-refractivity contribution is 5.94. The molecule has 7 heteroatoms. The number of nitrogens with one attached hydrogen (secondary N) is 1. The normalized spacial score (nSPS) is 15.7. The number of nitrogens with zero attached hydrogens (tertiary/aromatic N) is 3. The summed E-state index contributed by atoms with van der Waals surface area (Å²) in [5.41, 5.74) is 3.21. The molecule has 40 heavy (non-hydrogen) atoms. The predicted molar refractivity (Wildman–Crippen MR) is 162 cm³/mol. The third-order valence-corrected chi connectivity index (χ3v) is 7.16. The number of carbonyl (C=O) groups excluding carboxylic acids is 1. The van der Waals surface area contributed by atoms with E-state index in [2.05, 4.69) is 50.4 Å². The molecule has 2 heterocycles. The third kappa shape index (κ3) is 8.37. The number of amides is 1. The molecule has 1 unspecified atom stereocenters. The molecule has 1 fully saturated rings. The van der Waals surface area contributed by atoms with Crippen molar-refractivity contribution in [2.24, 2.45) is 5.41 Å². The van der Waals surface area contributed by atoms with Gasteiger partial charge < -0.3 is 20.1 Å². The van der Waals surface area contributed by atoms with Crippen LogP contribution >= 0.6 is 0 Å². The lowest BCUT2D eigenvalue weighted by Crippen LogP contribution is -2.47. The Labute approximate surface area is 239 Å². The fraction of sp³-hybridized carbons (Fsp3) is 0.455. The van der Waals surface area contributed by atoms with Crippen molar-refractivity contribution in [3.05, 3.63) is 77.9 Å². The van der Waals surface area contributed by atoms with Crippen molar-refractivity contribution in [3.8, 4) is 17.0 Å². The molecule has 1 aliphatic heterocycles. The van der Waals surface area contributed by atoms with Crippen molar-refractivity contribution in [2.45, 2.75) is 53.2 Å². The van der Waals surface area contributed by atoms with Crippen LogP contribution in [0.15, 0.2) is 66.7 Å². The van der Waals surface area contributed by atoms with E-state index < -0.39 is 11.5 Å². The van der Waals surface area contributed by atoms with E-state index in [4.69, 9.17) is 4.74 Å². The molecule has 1 aromatic heterocycles. The number of pyridine rings is 1. The molecule has 3 aromatic rings. The Morgan fingerprint density at radius 1 is 0.975 bits per heavy atom. The van der Waals surface area contributed by atoms with Gasteiger partial charge in [0.05, 0.1) is 17.9 Å². The van der Waals surface area contributed by atoms with E-state index in [0.717, 1.165) is 50.3 Å². The molecule has 4 rings (SSSR count). The topological polar surface area (TPSA) is 77.9 Å². The molecule has 0 radical (unpaired) electrons. The summed E-state index contributed by atoms with van der Waals surface area (Å²) in [4.78, 5) is 22.0.